The molecule has 1 N–H and O–H groups in total. The molecule has 2 aromatic carbocycles. The molecule has 1 fully saturated rings. The van der Waals surface area contributed by atoms with Crippen LogP contribution in [0.1, 0.15) is 11.1 Å². The van der Waals surface area contributed by atoms with Gasteiger partial charge in [0.05, 0.1) is 41.9 Å². The summed E-state index contributed by atoms with van der Waals surface area (Å²) < 4.78 is 17.0. The Hall–Kier alpha value is -2.15. The van der Waals surface area contributed by atoms with Crippen LogP contribution >= 0.6 is 23.2 Å². The number of nitrogens with zero attached hydrogens (tertiary/aromatic N) is 1. The van der Waals surface area contributed by atoms with Gasteiger partial charge in [0.2, 0.25) is 0 Å². The minimum Gasteiger partial charge on any atom is -0.497 e. The molecule has 4 rings (SSSR count). The Balaban J connectivity index is 1.33. The van der Waals surface area contributed by atoms with Crippen molar-refractivity contribution in [1.29, 1.82) is 0 Å². The van der Waals surface area contributed by atoms with Gasteiger partial charge in [0.15, 0.2) is 6.29 Å². The SMILES string of the molecule is COc1ccc2nccc(/C=C/C3OCC(NCc4ccc(Cl)c(Cl)c4)CO3)c2c1. The zero-order chi connectivity index (χ0) is 20.9. The number of rotatable bonds is 6. The first-order valence-electron chi connectivity index (χ1n) is 9.64. The zero-order valence-electron chi connectivity index (χ0n) is 16.5. The average molecular weight is 445 g/mol. The molecule has 0 atom stereocenters. The molecule has 30 heavy (non-hydrogen) atoms. The fourth-order valence-corrected chi connectivity index (χ4v) is 3.58. The number of benzene rings is 2. The van der Waals surface area contributed by atoms with E-state index in [-0.39, 0.29) is 12.3 Å². The van der Waals surface area contributed by atoms with E-state index in [9.17, 15) is 0 Å². The smallest absolute Gasteiger partial charge is 0.177 e. The van der Waals surface area contributed by atoms with E-state index in [0.717, 1.165) is 27.8 Å². The maximum Gasteiger partial charge on any atom is 0.177 e. The molecule has 3 aromatic rings. The Morgan fingerprint density at radius 3 is 2.70 bits per heavy atom. The number of pyridine rings is 1. The first-order chi connectivity index (χ1) is 14.6. The predicted molar refractivity (Wildman–Crippen MR) is 120 cm³/mol. The van der Waals surface area contributed by atoms with Crippen LogP contribution in [0, 0.1) is 0 Å². The Labute approximate surface area is 185 Å². The summed E-state index contributed by atoms with van der Waals surface area (Å²) in [6.45, 7) is 1.78. The van der Waals surface area contributed by atoms with E-state index >= 15 is 0 Å². The average Bonchev–Trinajstić information content (AvgIpc) is 2.78. The van der Waals surface area contributed by atoms with Crippen LogP contribution in [-0.2, 0) is 16.0 Å². The van der Waals surface area contributed by atoms with Crippen molar-refractivity contribution < 1.29 is 14.2 Å². The summed E-state index contributed by atoms with van der Waals surface area (Å²) in [7, 11) is 1.66. The first-order valence-corrected chi connectivity index (χ1v) is 10.4. The zero-order valence-corrected chi connectivity index (χ0v) is 18.0. The van der Waals surface area contributed by atoms with Gasteiger partial charge < -0.3 is 19.5 Å². The van der Waals surface area contributed by atoms with Crippen LogP contribution in [0.5, 0.6) is 5.75 Å². The van der Waals surface area contributed by atoms with Crippen molar-refractivity contribution in [3.05, 3.63) is 75.9 Å². The number of hydrogen-bond acceptors (Lipinski definition) is 5. The number of aromatic nitrogens is 1. The second-order valence-electron chi connectivity index (χ2n) is 7.00. The molecule has 2 heterocycles. The third-order valence-corrected chi connectivity index (χ3v) is 5.66. The van der Waals surface area contributed by atoms with Gasteiger partial charge in [-0.05, 0) is 53.6 Å². The number of ether oxygens (including phenoxy) is 3. The Bertz CT molecular complexity index is 1050. The highest BCUT2D eigenvalue weighted by molar-refractivity contribution is 6.42. The van der Waals surface area contributed by atoms with Crippen LogP contribution in [0.2, 0.25) is 10.0 Å². The number of hydrogen-bond donors (Lipinski definition) is 1. The summed E-state index contributed by atoms with van der Waals surface area (Å²) in [6.07, 6.45) is 5.32. The van der Waals surface area contributed by atoms with E-state index < -0.39 is 0 Å². The second-order valence-corrected chi connectivity index (χ2v) is 7.82. The topological polar surface area (TPSA) is 52.6 Å². The molecule has 7 heteroatoms. The van der Waals surface area contributed by atoms with Crippen LogP contribution in [0.3, 0.4) is 0 Å². The summed E-state index contributed by atoms with van der Waals surface area (Å²) in [5.41, 5.74) is 3.01. The lowest BCUT2D eigenvalue weighted by Crippen LogP contribution is -2.43. The van der Waals surface area contributed by atoms with Gasteiger partial charge in [0.25, 0.3) is 0 Å². The molecule has 0 saturated carbocycles. The third-order valence-electron chi connectivity index (χ3n) is 4.92. The fourth-order valence-electron chi connectivity index (χ4n) is 3.26. The van der Waals surface area contributed by atoms with Crippen molar-refractivity contribution in [2.45, 2.75) is 18.9 Å². The highest BCUT2D eigenvalue weighted by Crippen LogP contribution is 2.24. The molecule has 5 nitrogen and oxygen atoms in total. The molecular formula is C23H22Cl2N2O3. The quantitative estimate of drug-likeness (QED) is 0.573. The normalized spacial score (nSPS) is 19.4. The van der Waals surface area contributed by atoms with E-state index in [4.69, 9.17) is 37.4 Å². The summed E-state index contributed by atoms with van der Waals surface area (Å²) >= 11 is 12.0. The van der Waals surface area contributed by atoms with Gasteiger partial charge in [-0.25, -0.2) is 0 Å². The Morgan fingerprint density at radius 2 is 1.93 bits per heavy atom. The van der Waals surface area contributed by atoms with Gasteiger partial charge >= 0.3 is 0 Å². The predicted octanol–water partition coefficient (Wildman–Crippen LogP) is 5.09. The summed E-state index contributed by atoms with van der Waals surface area (Å²) in [4.78, 5) is 4.40. The van der Waals surface area contributed by atoms with E-state index in [1.807, 2.05) is 48.6 Å². The molecule has 1 saturated heterocycles. The fraction of sp³-hybridized carbons (Fsp3) is 0.261. The van der Waals surface area contributed by atoms with Crippen molar-refractivity contribution in [3.8, 4) is 5.75 Å². The number of halogens is 2. The highest BCUT2D eigenvalue weighted by atomic mass is 35.5. The third kappa shape index (κ3) is 5.12. The van der Waals surface area contributed by atoms with Gasteiger partial charge in [-0.15, -0.1) is 0 Å². The molecule has 0 aliphatic carbocycles. The minimum absolute atomic E-state index is 0.107. The van der Waals surface area contributed by atoms with E-state index in [1.165, 1.54) is 0 Å². The molecule has 1 aromatic heterocycles. The Kier molecular flexibility index (Phi) is 6.87. The van der Waals surface area contributed by atoms with Crippen molar-refractivity contribution >= 4 is 40.2 Å². The lowest BCUT2D eigenvalue weighted by atomic mass is 10.1. The lowest BCUT2D eigenvalue weighted by Gasteiger charge is -2.28. The van der Waals surface area contributed by atoms with Crippen LogP contribution in [0.15, 0.2) is 54.7 Å². The molecule has 156 valence electrons. The number of nitrogens with one attached hydrogen (secondary N) is 1. The molecule has 1 aliphatic heterocycles. The monoisotopic (exact) mass is 444 g/mol. The molecule has 0 unspecified atom stereocenters. The molecular weight excluding hydrogens is 423 g/mol. The van der Waals surface area contributed by atoms with E-state index in [2.05, 4.69) is 10.3 Å². The van der Waals surface area contributed by atoms with Crippen molar-refractivity contribution in [2.24, 2.45) is 0 Å². The van der Waals surface area contributed by atoms with Crippen LogP contribution in [0.25, 0.3) is 17.0 Å². The van der Waals surface area contributed by atoms with Crippen LogP contribution in [-0.4, -0.2) is 37.6 Å². The van der Waals surface area contributed by atoms with Gasteiger partial charge in [-0.1, -0.05) is 35.3 Å². The first kappa shape index (κ1) is 21.1. The molecule has 1 aliphatic rings. The van der Waals surface area contributed by atoms with Crippen molar-refractivity contribution in [3.63, 3.8) is 0 Å². The van der Waals surface area contributed by atoms with Gasteiger partial charge in [0.1, 0.15) is 5.75 Å². The maximum atomic E-state index is 6.07. The van der Waals surface area contributed by atoms with Gasteiger partial charge in [0, 0.05) is 18.1 Å². The molecule has 0 amide bonds. The molecule has 0 spiro atoms. The minimum atomic E-state index is -0.387. The molecule has 0 bridgehead atoms. The lowest BCUT2D eigenvalue weighted by molar-refractivity contribution is -0.162. The molecule has 0 radical (unpaired) electrons. The van der Waals surface area contributed by atoms with Crippen LogP contribution in [0.4, 0.5) is 0 Å². The largest absolute Gasteiger partial charge is 0.497 e. The highest BCUT2D eigenvalue weighted by Gasteiger charge is 2.20. The van der Waals surface area contributed by atoms with E-state index in [1.54, 1.807) is 19.4 Å². The summed E-state index contributed by atoms with van der Waals surface area (Å²) in [6, 6.07) is 13.5. The van der Waals surface area contributed by atoms with Crippen molar-refractivity contribution in [2.75, 3.05) is 20.3 Å². The second kappa shape index (κ2) is 9.77. The number of methoxy groups -OCH3 is 1. The Morgan fingerprint density at radius 1 is 1.10 bits per heavy atom. The van der Waals surface area contributed by atoms with Crippen molar-refractivity contribution in [1.82, 2.24) is 10.3 Å². The van der Waals surface area contributed by atoms with E-state index in [0.29, 0.717) is 29.8 Å². The summed E-state index contributed by atoms with van der Waals surface area (Å²) in [5, 5.41) is 5.55. The van der Waals surface area contributed by atoms with Crippen LogP contribution < -0.4 is 10.1 Å². The van der Waals surface area contributed by atoms with Gasteiger partial charge in [-0.3, -0.25) is 4.98 Å². The standard InChI is InChI=1S/C23H22Cl2N2O3/c1-28-18-4-6-22-19(11-18)16(8-9-26-22)3-7-23-29-13-17(14-30-23)27-12-15-2-5-20(24)21(25)10-15/h2-11,17,23,27H,12-14H2,1H3/b7-3+. The summed E-state index contributed by atoms with van der Waals surface area (Å²) in [5.74, 6) is 0.797. The number of fused-ring (bicyclic) bond motifs is 1. The van der Waals surface area contributed by atoms with Gasteiger partial charge in [-0.2, -0.15) is 0 Å². The maximum absolute atomic E-state index is 6.07.